The third kappa shape index (κ3) is 3.97. The Morgan fingerprint density at radius 3 is 2.00 bits per heavy atom. The molecule has 2 heterocycles. The summed E-state index contributed by atoms with van der Waals surface area (Å²) in [6, 6.07) is 15.9. The standard InChI is InChI=1S/C22H22NO8P/c1-14-18-17(12-13-24)21(25)23(18)19(22(26)27)20(14)31-32(28,29-15-8-4-2-5-9-15)30-16-10-6-3-7-11-16/h2-11,14,17-18,24H,12-13H2,1H3,(H,26,27)/t14-,17-,18-/m1/s1. The van der Waals surface area contributed by atoms with Crippen LogP contribution in [0.25, 0.3) is 0 Å². The summed E-state index contributed by atoms with van der Waals surface area (Å²) in [5, 5.41) is 19.0. The second-order valence-electron chi connectivity index (χ2n) is 7.47. The molecule has 0 saturated carbocycles. The molecule has 168 valence electrons. The quantitative estimate of drug-likeness (QED) is 0.432. The third-order valence-corrected chi connectivity index (χ3v) is 6.73. The lowest BCUT2D eigenvalue weighted by Gasteiger charge is -2.44. The highest BCUT2D eigenvalue weighted by Crippen LogP contribution is 2.56. The number of aliphatic carboxylic acids is 1. The van der Waals surface area contributed by atoms with Crippen molar-refractivity contribution in [2.24, 2.45) is 11.8 Å². The van der Waals surface area contributed by atoms with Gasteiger partial charge < -0.3 is 23.8 Å². The van der Waals surface area contributed by atoms with Crippen LogP contribution in [0, 0.1) is 11.8 Å². The van der Waals surface area contributed by atoms with Gasteiger partial charge in [-0.15, -0.1) is 0 Å². The number of aliphatic hydroxyl groups is 1. The molecule has 4 rings (SSSR count). The van der Waals surface area contributed by atoms with Crippen LogP contribution in [0.15, 0.2) is 72.1 Å². The van der Waals surface area contributed by atoms with Crippen LogP contribution in [0.2, 0.25) is 0 Å². The first-order chi connectivity index (χ1) is 15.3. The Morgan fingerprint density at radius 1 is 1.00 bits per heavy atom. The predicted octanol–water partition coefficient (Wildman–Crippen LogP) is 3.42. The summed E-state index contributed by atoms with van der Waals surface area (Å²) in [7, 11) is -4.42. The number of para-hydroxylation sites is 2. The number of nitrogens with zero attached hydrogens (tertiary/aromatic N) is 1. The van der Waals surface area contributed by atoms with Gasteiger partial charge in [-0.1, -0.05) is 43.3 Å². The van der Waals surface area contributed by atoms with Gasteiger partial charge >= 0.3 is 13.8 Å². The summed E-state index contributed by atoms with van der Waals surface area (Å²) in [5.74, 6) is -2.71. The van der Waals surface area contributed by atoms with Gasteiger partial charge in [0.2, 0.25) is 5.91 Å². The van der Waals surface area contributed by atoms with E-state index in [0.717, 1.165) is 4.90 Å². The van der Waals surface area contributed by atoms with Crippen LogP contribution in [-0.2, 0) is 18.7 Å². The van der Waals surface area contributed by atoms with Crippen molar-refractivity contribution in [1.29, 1.82) is 0 Å². The van der Waals surface area contributed by atoms with E-state index in [1.807, 2.05) is 0 Å². The van der Waals surface area contributed by atoms with E-state index in [2.05, 4.69) is 0 Å². The van der Waals surface area contributed by atoms with Gasteiger partial charge in [-0.3, -0.25) is 9.69 Å². The lowest BCUT2D eigenvalue weighted by molar-refractivity contribution is -0.157. The number of carboxylic acid groups (broad SMARTS) is 1. The Hall–Kier alpha value is -3.29. The summed E-state index contributed by atoms with van der Waals surface area (Å²) < 4.78 is 30.6. The van der Waals surface area contributed by atoms with E-state index in [0.29, 0.717) is 0 Å². The minimum Gasteiger partial charge on any atom is -0.476 e. The largest absolute Gasteiger partial charge is 0.646 e. The van der Waals surface area contributed by atoms with E-state index in [4.69, 9.17) is 13.6 Å². The van der Waals surface area contributed by atoms with Crippen LogP contribution in [0.5, 0.6) is 11.5 Å². The number of hydrogen-bond acceptors (Lipinski definition) is 7. The van der Waals surface area contributed by atoms with Crippen molar-refractivity contribution in [1.82, 2.24) is 4.90 Å². The fourth-order valence-corrected chi connectivity index (χ4v) is 5.42. The van der Waals surface area contributed by atoms with Gasteiger partial charge in [-0.25, -0.2) is 4.79 Å². The number of hydrogen-bond donors (Lipinski definition) is 2. The molecule has 3 atom stereocenters. The number of carboxylic acids is 1. The summed E-state index contributed by atoms with van der Waals surface area (Å²) >= 11 is 0. The maximum atomic E-state index is 13.7. The molecule has 1 fully saturated rings. The van der Waals surface area contributed by atoms with E-state index < -0.39 is 43.3 Å². The van der Waals surface area contributed by atoms with Crippen LogP contribution in [0.3, 0.4) is 0 Å². The van der Waals surface area contributed by atoms with Crippen LogP contribution in [0.4, 0.5) is 0 Å². The summed E-state index contributed by atoms with van der Waals surface area (Å²) in [5.41, 5.74) is -0.393. The number of β-lactam (4-membered cyclic amide) rings is 1. The number of benzene rings is 2. The predicted molar refractivity (Wildman–Crippen MR) is 112 cm³/mol. The zero-order valence-electron chi connectivity index (χ0n) is 17.2. The molecule has 0 unspecified atom stereocenters. The van der Waals surface area contributed by atoms with Crippen LogP contribution in [0.1, 0.15) is 13.3 Å². The average molecular weight is 459 g/mol. The Kier molecular flexibility index (Phi) is 5.95. The van der Waals surface area contributed by atoms with Crippen molar-refractivity contribution < 1.29 is 37.9 Å². The fourth-order valence-electron chi connectivity index (χ4n) is 4.06. The molecule has 1 amide bonds. The molecule has 9 nitrogen and oxygen atoms in total. The maximum Gasteiger partial charge on any atom is 0.646 e. The molecule has 2 aliphatic rings. The van der Waals surface area contributed by atoms with Crippen molar-refractivity contribution in [3.8, 4) is 11.5 Å². The lowest BCUT2D eigenvalue weighted by Crippen LogP contribution is -2.60. The van der Waals surface area contributed by atoms with Gasteiger partial charge in [0.1, 0.15) is 17.3 Å². The van der Waals surface area contributed by atoms with Gasteiger partial charge in [0.05, 0.1) is 12.0 Å². The zero-order valence-corrected chi connectivity index (χ0v) is 18.1. The van der Waals surface area contributed by atoms with Crippen molar-refractivity contribution in [3.05, 3.63) is 72.1 Å². The molecular formula is C22H22NO8P. The van der Waals surface area contributed by atoms with Gasteiger partial charge in [0.25, 0.3) is 0 Å². The van der Waals surface area contributed by atoms with Crippen molar-refractivity contribution in [3.63, 3.8) is 0 Å². The van der Waals surface area contributed by atoms with Crippen LogP contribution < -0.4 is 9.05 Å². The van der Waals surface area contributed by atoms with Crippen molar-refractivity contribution >= 4 is 19.7 Å². The van der Waals surface area contributed by atoms with Crippen LogP contribution >= 0.6 is 7.82 Å². The summed E-state index contributed by atoms with van der Waals surface area (Å²) in [6.07, 6.45) is 0.198. The lowest BCUT2D eigenvalue weighted by atomic mass is 9.80. The molecule has 10 heteroatoms. The molecule has 0 aliphatic carbocycles. The monoisotopic (exact) mass is 459 g/mol. The Labute approximate surface area is 184 Å². The number of carbonyl (C=O) groups is 2. The highest BCUT2D eigenvalue weighted by atomic mass is 31.2. The summed E-state index contributed by atoms with van der Waals surface area (Å²) in [6.45, 7) is 1.47. The molecule has 0 aromatic heterocycles. The molecule has 32 heavy (non-hydrogen) atoms. The number of fused-ring (bicyclic) bond motifs is 1. The minimum atomic E-state index is -4.42. The smallest absolute Gasteiger partial charge is 0.476 e. The Morgan fingerprint density at radius 2 is 1.53 bits per heavy atom. The topological polar surface area (TPSA) is 123 Å². The molecule has 0 spiro atoms. The first kappa shape index (κ1) is 21.9. The second-order valence-corrected chi connectivity index (χ2v) is 8.91. The van der Waals surface area contributed by atoms with Crippen molar-refractivity contribution in [2.75, 3.05) is 6.61 Å². The average Bonchev–Trinajstić information content (AvgIpc) is 3.02. The SMILES string of the molecule is C[C@H]1C(OP(=O)(Oc2ccccc2)Oc2ccccc2)=C(C(=O)O)N2C(=O)[C@H](CCO)[C@@H]12. The van der Waals surface area contributed by atoms with E-state index in [-0.39, 0.29) is 30.3 Å². The molecule has 2 aromatic carbocycles. The van der Waals surface area contributed by atoms with Crippen molar-refractivity contribution in [2.45, 2.75) is 19.4 Å². The second kappa shape index (κ2) is 8.68. The molecule has 2 aliphatic heterocycles. The zero-order chi connectivity index (χ0) is 22.9. The molecular weight excluding hydrogens is 437 g/mol. The number of aliphatic hydroxyl groups excluding tert-OH is 1. The molecule has 1 saturated heterocycles. The highest BCUT2D eigenvalue weighted by molar-refractivity contribution is 7.49. The third-order valence-electron chi connectivity index (χ3n) is 5.44. The molecule has 0 bridgehead atoms. The molecule has 2 N–H and O–H groups in total. The molecule has 0 radical (unpaired) electrons. The van der Waals surface area contributed by atoms with Crippen LogP contribution in [-0.4, -0.2) is 39.6 Å². The number of amides is 1. The Bertz CT molecular complexity index is 1040. The van der Waals surface area contributed by atoms with Gasteiger partial charge in [0.15, 0.2) is 5.70 Å². The molecule has 2 aromatic rings. The number of carbonyl (C=O) groups excluding carboxylic acids is 1. The van der Waals surface area contributed by atoms with E-state index in [1.165, 1.54) is 0 Å². The number of rotatable bonds is 9. The normalized spacial score (nSPS) is 22.2. The first-order valence-electron chi connectivity index (χ1n) is 10.0. The first-order valence-corrected chi connectivity index (χ1v) is 11.5. The van der Waals surface area contributed by atoms with E-state index >= 15 is 0 Å². The van der Waals surface area contributed by atoms with E-state index in [9.17, 15) is 24.4 Å². The maximum absolute atomic E-state index is 13.7. The number of phosphoric acid groups is 1. The fraction of sp³-hybridized carbons (Fsp3) is 0.273. The summed E-state index contributed by atoms with van der Waals surface area (Å²) in [4.78, 5) is 25.6. The number of phosphoric ester groups is 1. The van der Waals surface area contributed by atoms with Gasteiger partial charge in [-0.2, -0.15) is 4.57 Å². The highest BCUT2D eigenvalue weighted by Gasteiger charge is 2.60. The Balaban J connectivity index is 1.70. The van der Waals surface area contributed by atoms with E-state index in [1.54, 1.807) is 67.6 Å². The van der Waals surface area contributed by atoms with Gasteiger partial charge in [0, 0.05) is 12.5 Å². The minimum absolute atomic E-state index is 0.161. The van der Waals surface area contributed by atoms with Gasteiger partial charge in [-0.05, 0) is 30.7 Å².